The number of rotatable bonds is 6. The van der Waals surface area contributed by atoms with Gasteiger partial charge in [-0.2, -0.15) is 0 Å². The van der Waals surface area contributed by atoms with Crippen LogP contribution in [0.5, 0.6) is 0 Å². The number of hydrogen-bond acceptors (Lipinski definition) is 5. The smallest absolute Gasteiger partial charge is 0.228 e. The first-order valence-corrected chi connectivity index (χ1v) is 12.4. The minimum absolute atomic E-state index is 0.0680. The third-order valence-corrected chi connectivity index (χ3v) is 7.04. The van der Waals surface area contributed by atoms with E-state index in [-0.39, 0.29) is 35.9 Å². The van der Waals surface area contributed by atoms with E-state index in [2.05, 4.69) is 24.5 Å². The molecule has 0 saturated heterocycles. The fourth-order valence-corrected chi connectivity index (χ4v) is 5.50. The predicted octanol–water partition coefficient (Wildman–Crippen LogP) is 5.20. The fraction of sp³-hybridized carbons (Fsp3) is 0.423. The molecule has 0 saturated carbocycles. The van der Waals surface area contributed by atoms with Gasteiger partial charge in [0.05, 0.1) is 11.4 Å². The molecule has 1 aliphatic carbocycles. The molecule has 0 unspecified atom stereocenters. The Morgan fingerprint density at radius 3 is 2.67 bits per heavy atom. The lowest BCUT2D eigenvalue weighted by Gasteiger charge is -2.36. The van der Waals surface area contributed by atoms with Gasteiger partial charge in [0, 0.05) is 42.0 Å². The molecule has 4 rings (SSSR count). The molecule has 0 radical (unpaired) electrons. The van der Waals surface area contributed by atoms with Gasteiger partial charge in [-0.25, -0.2) is 0 Å². The molecule has 1 aromatic carbocycles. The van der Waals surface area contributed by atoms with Gasteiger partial charge in [-0.15, -0.1) is 11.3 Å². The second-order valence-corrected chi connectivity index (χ2v) is 10.5. The summed E-state index contributed by atoms with van der Waals surface area (Å²) in [7, 11) is 0. The molecule has 0 spiro atoms. The summed E-state index contributed by atoms with van der Waals surface area (Å²) >= 11 is 1.54. The number of ketones is 1. The summed E-state index contributed by atoms with van der Waals surface area (Å²) < 4.78 is 0. The third-order valence-electron chi connectivity index (χ3n) is 6.12. The van der Waals surface area contributed by atoms with Crippen LogP contribution in [0.3, 0.4) is 0 Å². The average Bonchev–Trinajstić information content (AvgIpc) is 3.25. The molecule has 1 aliphatic heterocycles. The maximum atomic E-state index is 13.7. The number of carbonyl (C=O) groups is 3. The number of thiophene rings is 1. The largest absolute Gasteiger partial charge is 0.357 e. The molecule has 0 fully saturated rings. The zero-order valence-electron chi connectivity index (χ0n) is 19.4. The molecule has 174 valence electrons. The summed E-state index contributed by atoms with van der Waals surface area (Å²) in [4.78, 5) is 42.1. The number of carbonyl (C=O) groups excluding carboxylic acids is 3. The van der Waals surface area contributed by atoms with Gasteiger partial charge in [-0.3, -0.25) is 19.3 Å². The Morgan fingerprint density at radius 1 is 1.15 bits per heavy atom. The van der Waals surface area contributed by atoms with Crippen molar-refractivity contribution in [1.29, 1.82) is 0 Å². The van der Waals surface area contributed by atoms with Crippen LogP contribution in [0, 0.1) is 5.41 Å². The van der Waals surface area contributed by atoms with Crippen LogP contribution < -0.4 is 15.5 Å². The maximum Gasteiger partial charge on any atom is 0.228 e. The van der Waals surface area contributed by atoms with Gasteiger partial charge in [0.25, 0.3) is 0 Å². The molecule has 0 bridgehead atoms. The van der Waals surface area contributed by atoms with Crippen molar-refractivity contribution < 1.29 is 14.4 Å². The van der Waals surface area contributed by atoms with Gasteiger partial charge < -0.3 is 10.6 Å². The first-order chi connectivity index (χ1) is 15.8. The van der Waals surface area contributed by atoms with Gasteiger partial charge in [0.1, 0.15) is 6.04 Å². The van der Waals surface area contributed by atoms with Crippen molar-refractivity contribution in [3.05, 3.63) is 57.9 Å². The lowest BCUT2D eigenvalue weighted by atomic mass is 9.74. The van der Waals surface area contributed by atoms with E-state index >= 15 is 0 Å². The van der Waals surface area contributed by atoms with E-state index in [0.29, 0.717) is 18.5 Å². The standard InChI is InChI=1S/C26H31N3O3S/c1-4-13-27-22(31)11-12-23(32)29-19-9-6-5-8-17(19)28-18-15-26(2,3)16-20(30)24(18)25(29)21-10-7-14-33-21/h5-10,14,25,28H,4,11-13,15-16H2,1-3H3,(H,27,31)/t25-/m0/s1. The lowest BCUT2D eigenvalue weighted by Crippen LogP contribution is -2.39. The quantitative estimate of drug-likeness (QED) is 0.615. The molecule has 2 aromatic rings. The van der Waals surface area contributed by atoms with Gasteiger partial charge >= 0.3 is 0 Å². The van der Waals surface area contributed by atoms with Crippen LogP contribution in [0.4, 0.5) is 11.4 Å². The zero-order chi connectivity index (χ0) is 23.6. The SMILES string of the molecule is CCCNC(=O)CCC(=O)N1c2ccccc2NC2=C(C(=O)CC(C)(C)C2)[C@@H]1c1cccs1. The highest BCUT2D eigenvalue weighted by Crippen LogP contribution is 2.49. The number of nitrogens with zero attached hydrogens (tertiary/aromatic N) is 1. The van der Waals surface area contributed by atoms with Crippen molar-refractivity contribution in [1.82, 2.24) is 5.32 Å². The van der Waals surface area contributed by atoms with E-state index < -0.39 is 6.04 Å². The van der Waals surface area contributed by atoms with Crippen molar-refractivity contribution in [3.63, 3.8) is 0 Å². The lowest BCUT2D eigenvalue weighted by molar-refractivity contribution is -0.125. The summed E-state index contributed by atoms with van der Waals surface area (Å²) in [6.07, 6.45) is 2.21. The summed E-state index contributed by atoms with van der Waals surface area (Å²) in [6.45, 7) is 6.80. The molecule has 1 aromatic heterocycles. The Labute approximate surface area is 199 Å². The molecule has 6 nitrogen and oxygen atoms in total. The fourth-order valence-electron chi connectivity index (χ4n) is 4.67. The molecular weight excluding hydrogens is 434 g/mol. The molecule has 1 atom stereocenters. The number of Topliss-reactive ketones (excluding diaryl/α,β-unsaturated/α-hetero) is 1. The Hall–Kier alpha value is -2.93. The number of hydrogen-bond donors (Lipinski definition) is 2. The van der Waals surface area contributed by atoms with Gasteiger partial charge in [0.15, 0.2) is 5.78 Å². The highest BCUT2D eigenvalue weighted by molar-refractivity contribution is 7.10. The van der Waals surface area contributed by atoms with E-state index in [0.717, 1.165) is 34.8 Å². The molecule has 33 heavy (non-hydrogen) atoms. The summed E-state index contributed by atoms with van der Waals surface area (Å²) in [6, 6.07) is 11.1. The third kappa shape index (κ3) is 4.88. The van der Waals surface area contributed by atoms with Crippen LogP contribution in [0.15, 0.2) is 53.0 Å². The van der Waals surface area contributed by atoms with Gasteiger partial charge in [-0.05, 0) is 41.8 Å². The number of nitrogens with one attached hydrogen (secondary N) is 2. The molecule has 2 N–H and O–H groups in total. The van der Waals surface area contributed by atoms with Crippen molar-refractivity contribution in [3.8, 4) is 0 Å². The van der Waals surface area contributed by atoms with Crippen molar-refractivity contribution >= 4 is 40.3 Å². The molecule has 2 amide bonds. The highest BCUT2D eigenvalue weighted by atomic mass is 32.1. The number of fused-ring (bicyclic) bond motifs is 1. The van der Waals surface area contributed by atoms with Crippen LogP contribution in [0.1, 0.15) is 63.8 Å². The van der Waals surface area contributed by atoms with E-state index in [9.17, 15) is 14.4 Å². The van der Waals surface area contributed by atoms with Crippen LogP contribution in [0.2, 0.25) is 0 Å². The Balaban J connectivity index is 1.79. The highest BCUT2D eigenvalue weighted by Gasteiger charge is 2.43. The average molecular weight is 466 g/mol. The maximum absolute atomic E-state index is 13.7. The number of anilines is 2. The van der Waals surface area contributed by atoms with Crippen molar-refractivity contribution in [2.75, 3.05) is 16.8 Å². The van der Waals surface area contributed by atoms with E-state index in [1.165, 1.54) is 0 Å². The number of allylic oxidation sites excluding steroid dienone is 1. The molecular formula is C26H31N3O3S. The van der Waals surface area contributed by atoms with E-state index in [4.69, 9.17) is 0 Å². The van der Waals surface area contributed by atoms with Crippen molar-refractivity contribution in [2.45, 2.75) is 58.9 Å². The summed E-state index contributed by atoms with van der Waals surface area (Å²) in [5, 5.41) is 8.32. The first kappa shape index (κ1) is 23.2. The van der Waals surface area contributed by atoms with Crippen LogP contribution in [-0.2, 0) is 14.4 Å². The van der Waals surface area contributed by atoms with Crippen LogP contribution >= 0.6 is 11.3 Å². The topological polar surface area (TPSA) is 78.5 Å². The molecule has 7 heteroatoms. The first-order valence-electron chi connectivity index (χ1n) is 11.5. The van der Waals surface area contributed by atoms with E-state index in [1.807, 2.05) is 48.7 Å². The van der Waals surface area contributed by atoms with Crippen LogP contribution in [-0.4, -0.2) is 24.1 Å². The van der Waals surface area contributed by atoms with Crippen LogP contribution in [0.25, 0.3) is 0 Å². The Bertz CT molecular complexity index is 1090. The summed E-state index contributed by atoms with van der Waals surface area (Å²) in [5.41, 5.74) is 2.93. The van der Waals surface area contributed by atoms with E-state index in [1.54, 1.807) is 16.2 Å². The number of benzene rings is 1. The van der Waals surface area contributed by atoms with Gasteiger partial charge in [-0.1, -0.05) is 39.0 Å². The monoisotopic (exact) mass is 465 g/mol. The predicted molar refractivity (Wildman–Crippen MR) is 132 cm³/mol. The minimum Gasteiger partial charge on any atom is -0.357 e. The summed E-state index contributed by atoms with van der Waals surface area (Å²) in [5.74, 6) is -0.228. The zero-order valence-corrected chi connectivity index (χ0v) is 20.3. The van der Waals surface area contributed by atoms with Crippen molar-refractivity contribution in [2.24, 2.45) is 5.41 Å². The number of para-hydroxylation sites is 2. The second-order valence-electron chi connectivity index (χ2n) is 9.51. The van der Waals surface area contributed by atoms with Gasteiger partial charge in [0.2, 0.25) is 11.8 Å². The Morgan fingerprint density at radius 2 is 1.94 bits per heavy atom. The Kier molecular flexibility index (Phi) is 6.70. The molecule has 2 heterocycles. The molecule has 2 aliphatic rings. The number of amides is 2. The second kappa shape index (κ2) is 9.51. The normalized spacial score (nSPS) is 19.3. The minimum atomic E-state index is -0.508.